The van der Waals surface area contributed by atoms with E-state index in [1.54, 1.807) is 24.3 Å². The van der Waals surface area contributed by atoms with Crippen molar-refractivity contribution in [3.8, 4) is 0 Å². The van der Waals surface area contributed by atoms with Crippen LogP contribution in [0.2, 0.25) is 0 Å². The summed E-state index contributed by atoms with van der Waals surface area (Å²) in [5, 5.41) is 0. The standard InChI is InChI=1S/C16H8BrF2NO2/c17-11-4-1-9(2-5-11)15-20-14(16(21)22-15)7-10-3-6-12(18)8-13(10)19/h1-8H/b14-7-. The van der Waals surface area contributed by atoms with Gasteiger partial charge in [-0.1, -0.05) is 15.9 Å². The Morgan fingerprint density at radius 3 is 2.50 bits per heavy atom. The minimum absolute atomic E-state index is 0.0385. The second-order valence-electron chi connectivity index (χ2n) is 4.51. The van der Waals surface area contributed by atoms with Crippen LogP contribution in [-0.2, 0) is 9.53 Å². The predicted octanol–water partition coefficient (Wildman–Crippen LogP) is 4.07. The number of cyclic esters (lactones) is 1. The number of aliphatic imine (C=N–C) groups is 1. The monoisotopic (exact) mass is 363 g/mol. The van der Waals surface area contributed by atoms with Crippen molar-refractivity contribution in [1.29, 1.82) is 0 Å². The molecule has 0 saturated heterocycles. The Hall–Kier alpha value is -2.34. The topological polar surface area (TPSA) is 38.7 Å². The largest absolute Gasteiger partial charge is 0.402 e. The van der Waals surface area contributed by atoms with Gasteiger partial charge in [0.05, 0.1) is 0 Å². The van der Waals surface area contributed by atoms with E-state index < -0.39 is 17.6 Å². The highest BCUT2D eigenvalue weighted by Gasteiger charge is 2.24. The van der Waals surface area contributed by atoms with Crippen LogP contribution < -0.4 is 0 Å². The Morgan fingerprint density at radius 1 is 1.09 bits per heavy atom. The van der Waals surface area contributed by atoms with Crippen molar-refractivity contribution >= 4 is 33.9 Å². The second-order valence-corrected chi connectivity index (χ2v) is 5.42. The van der Waals surface area contributed by atoms with Gasteiger partial charge in [0.15, 0.2) is 5.70 Å². The number of halogens is 3. The summed E-state index contributed by atoms with van der Waals surface area (Å²) in [5.41, 5.74) is 0.650. The van der Waals surface area contributed by atoms with Gasteiger partial charge in [-0.05, 0) is 42.5 Å². The fourth-order valence-electron chi connectivity index (χ4n) is 1.89. The maximum atomic E-state index is 13.6. The molecule has 2 aromatic carbocycles. The molecule has 1 aliphatic rings. The van der Waals surface area contributed by atoms with Gasteiger partial charge < -0.3 is 4.74 Å². The zero-order chi connectivity index (χ0) is 15.7. The quantitative estimate of drug-likeness (QED) is 0.595. The third kappa shape index (κ3) is 2.96. The molecule has 0 radical (unpaired) electrons. The Kier molecular flexibility index (Phi) is 3.85. The molecule has 0 aliphatic carbocycles. The number of hydrogen-bond donors (Lipinski definition) is 0. The Balaban J connectivity index is 1.95. The molecule has 3 rings (SSSR count). The van der Waals surface area contributed by atoms with E-state index in [1.165, 1.54) is 12.1 Å². The molecule has 0 saturated carbocycles. The lowest BCUT2D eigenvalue weighted by atomic mass is 10.2. The summed E-state index contributed by atoms with van der Waals surface area (Å²) >= 11 is 3.30. The van der Waals surface area contributed by atoms with Crippen LogP contribution >= 0.6 is 15.9 Å². The lowest BCUT2D eigenvalue weighted by Gasteiger charge is -1.98. The summed E-state index contributed by atoms with van der Waals surface area (Å²) in [6, 6.07) is 10.1. The van der Waals surface area contributed by atoms with Crippen LogP contribution in [0.4, 0.5) is 8.78 Å². The lowest BCUT2D eigenvalue weighted by molar-refractivity contribution is -0.129. The van der Waals surface area contributed by atoms with Gasteiger partial charge in [-0.15, -0.1) is 0 Å². The van der Waals surface area contributed by atoms with Crippen molar-refractivity contribution < 1.29 is 18.3 Å². The van der Waals surface area contributed by atoms with Gasteiger partial charge >= 0.3 is 5.97 Å². The first-order valence-electron chi connectivity index (χ1n) is 6.26. The number of carbonyl (C=O) groups excluding carboxylic acids is 1. The number of ether oxygens (including phenoxy) is 1. The fraction of sp³-hybridized carbons (Fsp3) is 0. The van der Waals surface area contributed by atoms with E-state index in [4.69, 9.17) is 4.74 Å². The Morgan fingerprint density at radius 2 is 1.82 bits per heavy atom. The number of benzene rings is 2. The molecule has 0 amide bonds. The normalized spacial score (nSPS) is 15.9. The highest BCUT2D eigenvalue weighted by Crippen LogP contribution is 2.21. The molecule has 1 aliphatic heterocycles. The molecule has 0 unspecified atom stereocenters. The Labute approximate surface area is 133 Å². The van der Waals surface area contributed by atoms with E-state index in [0.29, 0.717) is 5.56 Å². The third-order valence-electron chi connectivity index (χ3n) is 2.97. The first-order chi connectivity index (χ1) is 10.5. The van der Waals surface area contributed by atoms with E-state index in [0.717, 1.165) is 16.6 Å². The molecular weight excluding hydrogens is 356 g/mol. The molecule has 0 aromatic heterocycles. The SMILES string of the molecule is O=C1OC(c2ccc(Br)cc2)=N/C1=C\c1ccc(F)cc1F. The van der Waals surface area contributed by atoms with Crippen LogP contribution in [0.3, 0.4) is 0 Å². The van der Waals surface area contributed by atoms with E-state index >= 15 is 0 Å². The van der Waals surface area contributed by atoms with Gasteiger partial charge in [0.25, 0.3) is 0 Å². The van der Waals surface area contributed by atoms with Gasteiger partial charge in [-0.3, -0.25) is 0 Å². The second kappa shape index (κ2) is 5.81. The molecule has 22 heavy (non-hydrogen) atoms. The van der Waals surface area contributed by atoms with Crippen LogP contribution in [0.5, 0.6) is 0 Å². The molecule has 0 fully saturated rings. The average Bonchev–Trinajstić information content (AvgIpc) is 2.84. The molecule has 0 atom stereocenters. The van der Waals surface area contributed by atoms with Crippen molar-refractivity contribution in [2.45, 2.75) is 0 Å². The zero-order valence-corrected chi connectivity index (χ0v) is 12.6. The van der Waals surface area contributed by atoms with Gasteiger partial charge in [0, 0.05) is 21.7 Å². The van der Waals surface area contributed by atoms with Crippen molar-refractivity contribution in [3.05, 3.63) is 75.4 Å². The van der Waals surface area contributed by atoms with Crippen LogP contribution in [-0.4, -0.2) is 11.9 Å². The minimum Gasteiger partial charge on any atom is -0.402 e. The Bertz CT molecular complexity index is 813. The average molecular weight is 364 g/mol. The molecular formula is C16H8BrF2NO2. The molecule has 0 spiro atoms. The van der Waals surface area contributed by atoms with Gasteiger partial charge in [0.1, 0.15) is 11.6 Å². The third-order valence-corrected chi connectivity index (χ3v) is 3.50. The molecule has 110 valence electrons. The summed E-state index contributed by atoms with van der Waals surface area (Å²) in [7, 11) is 0. The fourth-order valence-corrected chi connectivity index (χ4v) is 2.16. The van der Waals surface area contributed by atoms with Gasteiger partial charge in [-0.2, -0.15) is 0 Å². The van der Waals surface area contributed by atoms with Crippen molar-refractivity contribution in [2.24, 2.45) is 4.99 Å². The summed E-state index contributed by atoms with van der Waals surface area (Å²) in [6.45, 7) is 0. The van der Waals surface area contributed by atoms with Crippen LogP contribution in [0, 0.1) is 11.6 Å². The van der Waals surface area contributed by atoms with Gasteiger partial charge in [-0.25, -0.2) is 18.6 Å². The highest BCUT2D eigenvalue weighted by molar-refractivity contribution is 9.10. The zero-order valence-electron chi connectivity index (χ0n) is 11.0. The van der Waals surface area contributed by atoms with Gasteiger partial charge in [0.2, 0.25) is 5.90 Å². The molecule has 2 aromatic rings. The first kappa shape index (κ1) is 14.6. The van der Waals surface area contributed by atoms with Crippen molar-refractivity contribution in [3.63, 3.8) is 0 Å². The van der Waals surface area contributed by atoms with Crippen LogP contribution in [0.1, 0.15) is 11.1 Å². The number of esters is 1. The maximum Gasteiger partial charge on any atom is 0.363 e. The highest BCUT2D eigenvalue weighted by atomic mass is 79.9. The molecule has 0 N–H and O–H groups in total. The lowest BCUT2D eigenvalue weighted by Crippen LogP contribution is -2.05. The van der Waals surface area contributed by atoms with Crippen LogP contribution in [0.15, 0.2) is 57.6 Å². The van der Waals surface area contributed by atoms with E-state index in [-0.39, 0.29) is 17.2 Å². The predicted molar refractivity (Wildman–Crippen MR) is 81.1 cm³/mol. The summed E-state index contributed by atoms with van der Waals surface area (Å²) in [6.07, 6.45) is 1.23. The van der Waals surface area contributed by atoms with E-state index in [1.807, 2.05) is 0 Å². The smallest absolute Gasteiger partial charge is 0.363 e. The summed E-state index contributed by atoms with van der Waals surface area (Å²) in [5.74, 6) is -1.99. The first-order valence-corrected chi connectivity index (χ1v) is 7.06. The van der Waals surface area contributed by atoms with Crippen molar-refractivity contribution in [1.82, 2.24) is 0 Å². The molecule has 6 heteroatoms. The van der Waals surface area contributed by atoms with Crippen molar-refractivity contribution in [2.75, 3.05) is 0 Å². The maximum absolute atomic E-state index is 13.6. The number of hydrogen-bond acceptors (Lipinski definition) is 3. The summed E-state index contributed by atoms with van der Waals surface area (Å²) < 4.78 is 32.4. The number of carbonyl (C=O) groups is 1. The summed E-state index contributed by atoms with van der Waals surface area (Å²) in [4.78, 5) is 15.9. The van der Waals surface area contributed by atoms with E-state index in [2.05, 4.69) is 20.9 Å². The van der Waals surface area contributed by atoms with E-state index in [9.17, 15) is 13.6 Å². The number of rotatable bonds is 2. The molecule has 3 nitrogen and oxygen atoms in total. The molecule has 0 bridgehead atoms. The van der Waals surface area contributed by atoms with Crippen LogP contribution in [0.25, 0.3) is 6.08 Å². The number of nitrogens with zero attached hydrogens (tertiary/aromatic N) is 1. The minimum atomic E-state index is -0.771. The molecule has 1 heterocycles.